The van der Waals surface area contributed by atoms with Gasteiger partial charge in [-0.05, 0) is 31.2 Å². The number of nitrogens with zero attached hydrogens (tertiary/aromatic N) is 2. The minimum atomic E-state index is -0.542. The summed E-state index contributed by atoms with van der Waals surface area (Å²) in [5.41, 5.74) is 0.500. The van der Waals surface area contributed by atoms with E-state index in [4.69, 9.17) is 5.41 Å². The van der Waals surface area contributed by atoms with Gasteiger partial charge in [0.05, 0.1) is 10.6 Å². The number of hydrogen-bond acceptors (Lipinski definition) is 5. The summed E-state index contributed by atoms with van der Waals surface area (Å²) < 4.78 is 1.16. The van der Waals surface area contributed by atoms with E-state index in [2.05, 4.69) is 10.4 Å². The highest BCUT2D eigenvalue weighted by molar-refractivity contribution is 6.11. The number of aryl methyl sites for hydroxylation is 1. The van der Waals surface area contributed by atoms with Gasteiger partial charge in [0.2, 0.25) is 0 Å². The number of amides is 1. The predicted molar refractivity (Wildman–Crippen MR) is 98.5 cm³/mol. The molecule has 27 heavy (non-hydrogen) atoms. The van der Waals surface area contributed by atoms with Crippen molar-refractivity contribution in [3.8, 4) is 5.69 Å². The van der Waals surface area contributed by atoms with Gasteiger partial charge in [-0.15, -0.1) is 0 Å². The second-order valence-electron chi connectivity index (χ2n) is 5.72. The van der Waals surface area contributed by atoms with Crippen molar-refractivity contribution in [2.45, 2.75) is 6.92 Å². The predicted octanol–water partition coefficient (Wildman–Crippen LogP) is 2.14. The molecule has 1 amide bonds. The van der Waals surface area contributed by atoms with E-state index in [-0.39, 0.29) is 17.1 Å². The topological polar surface area (TPSA) is 134 Å². The number of benzene rings is 2. The van der Waals surface area contributed by atoms with Crippen LogP contribution in [0.15, 0.2) is 59.4 Å². The average molecular weight is 365 g/mol. The molecule has 0 saturated carbocycles. The molecule has 0 fully saturated rings. The molecule has 0 unspecified atom stereocenters. The molecule has 136 valence electrons. The van der Waals surface area contributed by atoms with Crippen molar-refractivity contribution in [1.82, 2.24) is 15.1 Å². The Morgan fingerprint density at radius 1 is 1.15 bits per heavy atom. The highest BCUT2D eigenvalue weighted by Gasteiger charge is 2.19. The summed E-state index contributed by atoms with van der Waals surface area (Å²) in [5.74, 6) is -0.828. The fourth-order valence-electron chi connectivity index (χ4n) is 2.58. The zero-order valence-electron chi connectivity index (χ0n) is 14.2. The summed E-state index contributed by atoms with van der Waals surface area (Å²) in [7, 11) is 0. The minimum absolute atomic E-state index is 0.0117. The minimum Gasteiger partial charge on any atom is -0.306 e. The van der Waals surface area contributed by atoms with Crippen molar-refractivity contribution in [3.63, 3.8) is 0 Å². The van der Waals surface area contributed by atoms with E-state index in [9.17, 15) is 19.7 Å². The molecule has 0 aliphatic rings. The monoisotopic (exact) mass is 365 g/mol. The molecule has 0 aliphatic heterocycles. The Morgan fingerprint density at radius 3 is 2.37 bits per heavy atom. The first-order chi connectivity index (χ1) is 12.9. The van der Waals surface area contributed by atoms with E-state index in [0.29, 0.717) is 16.9 Å². The zero-order valence-corrected chi connectivity index (χ0v) is 14.2. The molecular formula is C18H15N5O4. The quantitative estimate of drug-likeness (QED) is 0.282. The van der Waals surface area contributed by atoms with Crippen LogP contribution in [0.1, 0.15) is 21.6 Å². The highest BCUT2D eigenvalue weighted by atomic mass is 16.6. The van der Waals surface area contributed by atoms with Crippen LogP contribution in [0.4, 0.5) is 5.69 Å². The van der Waals surface area contributed by atoms with Gasteiger partial charge in [-0.2, -0.15) is 0 Å². The molecule has 0 radical (unpaired) electrons. The largest absolute Gasteiger partial charge is 0.306 e. The molecule has 0 saturated heterocycles. The van der Waals surface area contributed by atoms with Gasteiger partial charge in [-0.25, -0.2) is 4.68 Å². The Labute approximate surface area is 152 Å². The Hall–Kier alpha value is -4.01. The third kappa shape index (κ3) is 3.52. The molecule has 2 aromatic carbocycles. The Bertz CT molecular complexity index is 1080. The van der Waals surface area contributed by atoms with Crippen molar-refractivity contribution < 1.29 is 9.72 Å². The number of non-ortho nitro benzene ring substituents is 1. The molecule has 0 bridgehead atoms. The fraction of sp³-hybridized carbons (Fsp3) is 0.0556. The number of aromatic amines is 1. The molecular weight excluding hydrogens is 350 g/mol. The standard InChI is InChI=1S/C18H15N5O4/c1-11-15(16(19)20-17(24)12-5-3-2-4-6-12)18(25)22(21-11)13-7-9-14(10-8-13)23(26)27/h2-10,21H,1H3,(H2,19,20,24). The summed E-state index contributed by atoms with van der Waals surface area (Å²) in [6, 6.07) is 13.8. The first-order valence-electron chi connectivity index (χ1n) is 7.90. The molecule has 9 nitrogen and oxygen atoms in total. The van der Waals surface area contributed by atoms with Crippen LogP contribution >= 0.6 is 0 Å². The maximum Gasteiger partial charge on any atom is 0.282 e. The van der Waals surface area contributed by atoms with Crippen LogP contribution in [0.5, 0.6) is 0 Å². The zero-order chi connectivity index (χ0) is 19.6. The van der Waals surface area contributed by atoms with Gasteiger partial charge in [0, 0.05) is 23.4 Å². The van der Waals surface area contributed by atoms with Crippen molar-refractivity contribution in [3.05, 3.63) is 91.9 Å². The molecule has 3 N–H and O–H groups in total. The Morgan fingerprint density at radius 2 is 1.78 bits per heavy atom. The van der Waals surface area contributed by atoms with Gasteiger partial charge in [-0.1, -0.05) is 18.2 Å². The number of aromatic nitrogens is 2. The van der Waals surface area contributed by atoms with Gasteiger partial charge in [0.1, 0.15) is 11.4 Å². The Kier molecular flexibility index (Phi) is 4.67. The van der Waals surface area contributed by atoms with Crippen molar-refractivity contribution in [2.24, 2.45) is 0 Å². The number of nitro benzene ring substituents is 1. The average Bonchev–Trinajstić information content (AvgIpc) is 2.96. The third-order valence-electron chi connectivity index (χ3n) is 3.91. The Balaban J connectivity index is 1.89. The van der Waals surface area contributed by atoms with E-state index in [1.807, 2.05) is 0 Å². The summed E-state index contributed by atoms with van der Waals surface area (Å²) >= 11 is 0. The summed E-state index contributed by atoms with van der Waals surface area (Å²) in [6.07, 6.45) is 0. The number of carbonyl (C=O) groups is 1. The number of nitro groups is 1. The maximum atomic E-state index is 12.7. The smallest absolute Gasteiger partial charge is 0.282 e. The lowest BCUT2D eigenvalue weighted by Crippen LogP contribution is -2.34. The second kappa shape index (κ2) is 7.08. The van der Waals surface area contributed by atoms with E-state index in [1.54, 1.807) is 37.3 Å². The highest BCUT2D eigenvalue weighted by Crippen LogP contribution is 2.14. The number of rotatable bonds is 4. The molecule has 0 atom stereocenters. The maximum absolute atomic E-state index is 12.7. The van der Waals surface area contributed by atoms with Crippen LogP contribution in [0.25, 0.3) is 5.69 Å². The van der Waals surface area contributed by atoms with Crippen LogP contribution in [0, 0.1) is 22.4 Å². The van der Waals surface area contributed by atoms with E-state index in [0.717, 1.165) is 4.68 Å². The summed E-state index contributed by atoms with van der Waals surface area (Å²) in [4.78, 5) is 35.1. The number of H-pyrrole nitrogens is 1. The lowest BCUT2D eigenvalue weighted by Gasteiger charge is -2.05. The van der Waals surface area contributed by atoms with Gasteiger partial charge in [-0.3, -0.25) is 30.2 Å². The van der Waals surface area contributed by atoms with Crippen LogP contribution in [-0.4, -0.2) is 26.4 Å². The van der Waals surface area contributed by atoms with E-state index >= 15 is 0 Å². The molecule has 0 spiro atoms. The van der Waals surface area contributed by atoms with Crippen molar-refractivity contribution in [1.29, 1.82) is 5.41 Å². The number of amidine groups is 1. The van der Waals surface area contributed by atoms with Crippen LogP contribution in [-0.2, 0) is 0 Å². The number of carbonyl (C=O) groups excluding carboxylic acids is 1. The number of nitrogens with one attached hydrogen (secondary N) is 3. The molecule has 1 aromatic heterocycles. The lowest BCUT2D eigenvalue weighted by molar-refractivity contribution is -0.384. The second-order valence-corrected chi connectivity index (χ2v) is 5.72. The van der Waals surface area contributed by atoms with Crippen LogP contribution in [0.3, 0.4) is 0 Å². The lowest BCUT2D eigenvalue weighted by atomic mass is 10.2. The first kappa shape index (κ1) is 17.8. The SMILES string of the molecule is Cc1[nH]n(-c2ccc([N+](=O)[O-])cc2)c(=O)c1C(=N)NC(=O)c1ccccc1. The molecule has 3 aromatic rings. The van der Waals surface area contributed by atoms with Gasteiger partial charge >= 0.3 is 0 Å². The van der Waals surface area contributed by atoms with E-state index in [1.165, 1.54) is 24.3 Å². The normalized spacial score (nSPS) is 10.4. The summed E-state index contributed by atoms with van der Waals surface area (Å²) in [6.45, 7) is 1.60. The summed E-state index contributed by atoms with van der Waals surface area (Å²) in [5, 5.41) is 24.1. The van der Waals surface area contributed by atoms with Gasteiger partial charge < -0.3 is 5.32 Å². The fourth-order valence-corrected chi connectivity index (χ4v) is 2.58. The molecule has 1 heterocycles. The molecule has 3 rings (SSSR count). The first-order valence-corrected chi connectivity index (χ1v) is 7.90. The van der Waals surface area contributed by atoms with Crippen LogP contribution in [0.2, 0.25) is 0 Å². The molecule has 9 heteroatoms. The van der Waals surface area contributed by atoms with Crippen molar-refractivity contribution in [2.75, 3.05) is 0 Å². The van der Waals surface area contributed by atoms with Gasteiger partial charge in [0.25, 0.3) is 17.2 Å². The number of hydrogen-bond donors (Lipinski definition) is 3. The van der Waals surface area contributed by atoms with E-state index < -0.39 is 16.4 Å². The van der Waals surface area contributed by atoms with Crippen LogP contribution < -0.4 is 10.9 Å². The van der Waals surface area contributed by atoms with Gasteiger partial charge in [0.15, 0.2) is 0 Å². The third-order valence-corrected chi connectivity index (χ3v) is 3.91. The molecule has 0 aliphatic carbocycles. The van der Waals surface area contributed by atoms with Crippen molar-refractivity contribution >= 4 is 17.4 Å².